The zero-order valence-electron chi connectivity index (χ0n) is 11.0. The third-order valence-corrected chi connectivity index (χ3v) is 3.89. The average Bonchev–Trinajstić information content (AvgIpc) is 2.37. The Balaban J connectivity index is 2.94. The number of aromatic nitrogens is 1. The molecule has 1 aromatic rings. The molecule has 6 nitrogen and oxygen atoms in total. The van der Waals surface area contributed by atoms with Gasteiger partial charge in [-0.2, -0.15) is 0 Å². The molecule has 18 heavy (non-hydrogen) atoms. The second-order valence-electron chi connectivity index (χ2n) is 4.39. The summed E-state index contributed by atoms with van der Waals surface area (Å²) in [6, 6.07) is 3.33. The summed E-state index contributed by atoms with van der Waals surface area (Å²) in [6.45, 7) is 3.77. The zero-order valence-corrected chi connectivity index (χ0v) is 11.8. The molecule has 0 unspecified atom stereocenters. The highest BCUT2D eigenvalue weighted by Gasteiger charge is 2.24. The number of sulfonamides is 1. The molecule has 0 atom stereocenters. The Morgan fingerprint density at radius 1 is 1.44 bits per heavy atom. The van der Waals surface area contributed by atoms with Crippen molar-refractivity contribution in [2.75, 3.05) is 26.0 Å². The highest BCUT2D eigenvalue weighted by Crippen LogP contribution is 2.17. The number of methoxy groups -OCH3 is 1. The van der Waals surface area contributed by atoms with Crippen LogP contribution in [0, 0.1) is 0 Å². The lowest BCUT2D eigenvalue weighted by molar-refractivity contribution is 0.0276. The van der Waals surface area contributed by atoms with Gasteiger partial charge in [0.1, 0.15) is 0 Å². The summed E-state index contributed by atoms with van der Waals surface area (Å²) in [5.41, 5.74) is -0.109. The van der Waals surface area contributed by atoms with E-state index in [1.54, 1.807) is 33.0 Å². The molecular weight excluding hydrogens is 254 g/mol. The van der Waals surface area contributed by atoms with Crippen LogP contribution in [0.25, 0.3) is 0 Å². The van der Waals surface area contributed by atoms with Crippen molar-refractivity contribution in [3.63, 3.8) is 0 Å². The van der Waals surface area contributed by atoms with Gasteiger partial charge in [-0.15, -0.1) is 0 Å². The third-order valence-electron chi connectivity index (χ3n) is 2.54. The molecule has 0 aromatic carbocycles. The molecule has 0 bridgehead atoms. The monoisotopic (exact) mass is 273 g/mol. The van der Waals surface area contributed by atoms with Gasteiger partial charge in [-0.05, 0) is 26.0 Å². The maximum Gasteiger partial charge on any atom is 0.260 e. The Kier molecular flexibility index (Phi) is 4.66. The molecule has 1 aromatic heterocycles. The van der Waals surface area contributed by atoms with Crippen molar-refractivity contribution >= 4 is 15.7 Å². The lowest BCUT2D eigenvalue weighted by Crippen LogP contribution is -2.40. The van der Waals surface area contributed by atoms with Gasteiger partial charge in [-0.1, -0.05) is 0 Å². The summed E-state index contributed by atoms with van der Waals surface area (Å²) in [4.78, 5) is 3.89. The van der Waals surface area contributed by atoms with Gasteiger partial charge in [-0.3, -0.25) is 0 Å². The Labute approximate surface area is 108 Å². The second-order valence-corrected chi connectivity index (χ2v) is 6.08. The largest absolute Gasteiger partial charge is 0.386 e. The molecule has 0 aliphatic carbocycles. The van der Waals surface area contributed by atoms with Crippen molar-refractivity contribution in [2.45, 2.75) is 24.5 Å². The van der Waals surface area contributed by atoms with Gasteiger partial charge in [0.15, 0.2) is 5.03 Å². The van der Waals surface area contributed by atoms with E-state index >= 15 is 0 Å². The molecule has 102 valence electrons. The third kappa shape index (κ3) is 3.66. The Morgan fingerprint density at radius 3 is 2.67 bits per heavy atom. The van der Waals surface area contributed by atoms with Crippen LogP contribution >= 0.6 is 0 Å². The van der Waals surface area contributed by atoms with Crippen LogP contribution in [0.4, 0.5) is 5.69 Å². The van der Waals surface area contributed by atoms with E-state index in [-0.39, 0.29) is 11.6 Å². The van der Waals surface area contributed by atoms with Crippen LogP contribution in [-0.2, 0) is 14.8 Å². The molecular formula is C11H19N3O3S. The predicted octanol–water partition coefficient (Wildman–Crippen LogP) is 0.827. The van der Waals surface area contributed by atoms with Crippen molar-refractivity contribution in [3.8, 4) is 0 Å². The van der Waals surface area contributed by atoms with Gasteiger partial charge in [0, 0.05) is 26.9 Å². The van der Waals surface area contributed by atoms with E-state index in [1.807, 2.05) is 0 Å². The van der Waals surface area contributed by atoms with Crippen molar-refractivity contribution in [1.29, 1.82) is 0 Å². The van der Waals surface area contributed by atoms with Gasteiger partial charge in [0.25, 0.3) is 10.0 Å². The molecule has 0 aliphatic heterocycles. The number of pyridine rings is 1. The summed E-state index contributed by atoms with van der Waals surface area (Å²) in [7, 11) is -0.466. The van der Waals surface area contributed by atoms with Crippen LogP contribution in [0.5, 0.6) is 0 Å². The van der Waals surface area contributed by atoms with Crippen molar-refractivity contribution < 1.29 is 13.2 Å². The van der Waals surface area contributed by atoms with Crippen molar-refractivity contribution in [3.05, 3.63) is 18.3 Å². The number of anilines is 1. The van der Waals surface area contributed by atoms with Gasteiger partial charge in [-0.25, -0.2) is 18.1 Å². The fraction of sp³-hybridized carbons (Fsp3) is 0.545. The number of nitrogens with one attached hydrogen (secondary N) is 2. The normalized spacial score (nSPS) is 12.4. The Bertz CT molecular complexity index is 500. The van der Waals surface area contributed by atoms with Gasteiger partial charge in [0.2, 0.25) is 0 Å². The number of rotatable bonds is 6. The number of nitrogens with zero attached hydrogens (tertiary/aromatic N) is 1. The smallest absolute Gasteiger partial charge is 0.260 e. The van der Waals surface area contributed by atoms with E-state index in [2.05, 4.69) is 15.0 Å². The molecule has 0 saturated heterocycles. The number of ether oxygens (including phenoxy) is 1. The van der Waals surface area contributed by atoms with Crippen molar-refractivity contribution in [2.24, 2.45) is 0 Å². The molecule has 0 saturated carbocycles. The van der Waals surface area contributed by atoms with Gasteiger partial charge >= 0.3 is 0 Å². The average molecular weight is 273 g/mol. The van der Waals surface area contributed by atoms with Crippen LogP contribution in [0.2, 0.25) is 0 Å². The summed E-state index contributed by atoms with van der Waals surface area (Å²) in [5, 5.41) is 2.79. The van der Waals surface area contributed by atoms with Gasteiger partial charge < -0.3 is 10.1 Å². The summed E-state index contributed by atoms with van der Waals surface area (Å²) in [6.07, 6.45) is 1.44. The van der Waals surface area contributed by atoms with Crippen LogP contribution in [0.3, 0.4) is 0 Å². The maximum atomic E-state index is 12.1. The highest BCUT2D eigenvalue weighted by atomic mass is 32.2. The topological polar surface area (TPSA) is 80.3 Å². The molecule has 0 aliphatic rings. The molecule has 0 radical (unpaired) electrons. The van der Waals surface area contributed by atoms with E-state index in [4.69, 9.17) is 4.74 Å². The molecule has 2 N–H and O–H groups in total. The fourth-order valence-corrected chi connectivity index (χ4v) is 2.54. The molecule has 1 rings (SSSR count). The van der Waals surface area contributed by atoms with E-state index < -0.39 is 15.6 Å². The molecule has 0 spiro atoms. The zero-order chi connectivity index (χ0) is 13.8. The van der Waals surface area contributed by atoms with Gasteiger partial charge in [0.05, 0.1) is 11.3 Å². The van der Waals surface area contributed by atoms with Crippen LogP contribution in [0.15, 0.2) is 23.4 Å². The minimum absolute atomic E-state index is 0.0144. The SMILES string of the molecule is CNc1cccnc1S(=O)(=O)NCC(C)(C)OC. The first-order valence-electron chi connectivity index (χ1n) is 5.50. The first kappa shape index (κ1) is 14.9. The summed E-state index contributed by atoms with van der Waals surface area (Å²) in [5.74, 6) is 0. The molecule has 0 amide bonds. The first-order valence-corrected chi connectivity index (χ1v) is 6.98. The minimum atomic E-state index is -3.65. The minimum Gasteiger partial charge on any atom is -0.386 e. The van der Waals surface area contributed by atoms with Crippen LogP contribution in [0.1, 0.15) is 13.8 Å². The van der Waals surface area contributed by atoms with E-state index in [1.165, 1.54) is 13.3 Å². The highest BCUT2D eigenvalue weighted by molar-refractivity contribution is 7.89. The van der Waals surface area contributed by atoms with Crippen molar-refractivity contribution in [1.82, 2.24) is 9.71 Å². The standard InChI is InChI=1S/C11H19N3O3S/c1-11(2,17-4)8-14-18(15,16)10-9(12-3)6-5-7-13-10/h5-7,12,14H,8H2,1-4H3. The summed E-state index contributed by atoms with van der Waals surface area (Å²) >= 11 is 0. The molecule has 0 fully saturated rings. The number of hydrogen-bond acceptors (Lipinski definition) is 5. The molecule has 1 heterocycles. The van der Waals surface area contributed by atoms with E-state index in [0.29, 0.717) is 5.69 Å². The van der Waals surface area contributed by atoms with E-state index in [0.717, 1.165) is 0 Å². The lowest BCUT2D eigenvalue weighted by Gasteiger charge is -2.23. The van der Waals surface area contributed by atoms with E-state index in [9.17, 15) is 8.42 Å². The lowest BCUT2D eigenvalue weighted by atomic mass is 10.1. The van der Waals surface area contributed by atoms with Crippen LogP contribution in [-0.4, -0.2) is 39.7 Å². The Morgan fingerprint density at radius 2 is 2.11 bits per heavy atom. The first-order chi connectivity index (χ1) is 8.32. The molecule has 7 heteroatoms. The fourth-order valence-electron chi connectivity index (χ4n) is 1.20. The second kappa shape index (κ2) is 5.64. The van der Waals surface area contributed by atoms with Crippen LogP contribution < -0.4 is 10.0 Å². The predicted molar refractivity (Wildman–Crippen MR) is 70.1 cm³/mol. The maximum absolute atomic E-state index is 12.1. The Hall–Kier alpha value is -1.18. The quantitative estimate of drug-likeness (QED) is 0.802. The number of hydrogen-bond donors (Lipinski definition) is 2. The summed E-state index contributed by atoms with van der Waals surface area (Å²) < 4.78 is 31.9.